The molecule has 11 heteroatoms. The molecule has 2 aromatic carbocycles. The number of carboxylic acid groups (broad SMARTS) is 1. The number of carboxylic acids is 1. The van der Waals surface area contributed by atoms with Crippen LogP contribution in [0.1, 0.15) is 30.1 Å². The van der Waals surface area contributed by atoms with Gasteiger partial charge in [-0.3, -0.25) is 9.48 Å². The summed E-state index contributed by atoms with van der Waals surface area (Å²) in [7, 11) is -2.45. The summed E-state index contributed by atoms with van der Waals surface area (Å²) in [6.45, 7) is -0.264. The van der Waals surface area contributed by atoms with Crippen LogP contribution in [0.25, 0.3) is 0 Å². The van der Waals surface area contributed by atoms with Gasteiger partial charge in [-0.1, -0.05) is 23.2 Å². The highest BCUT2D eigenvalue weighted by Gasteiger charge is 2.35. The molecule has 0 spiro atoms. The molecule has 1 aliphatic rings. The van der Waals surface area contributed by atoms with Gasteiger partial charge >= 0.3 is 5.97 Å². The molecule has 0 aliphatic heterocycles. The lowest BCUT2D eigenvalue weighted by atomic mass is 9.93. The number of hydrogen-bond donors (Lipinski definition) is 1. The minimum Gasteiger partial charge on any atom is -0.480 e. The van der Waals surface area contributed by atoms with Crippen molar-refractivity contribution < 1.29 is 23.1 Å². The van der Waals surface area contributed by atoms with Crippen LogP contribution in [-0.2, 0) is 27.8 Å². The van der Waals surface area contributed by atoms with E-state index < -0.39 is 22.0 Å². The molecule has 33 heavy (non-hydrogen) atoms. The van der Waals surface area contributed by atoms with E-state index in [-0.39, 0.29) is 16.5 Å². The van der Waals surface area contributed by atoms with Gasteiger partial charge < -0.3 is 9.84 Å². The number of carbonyl (C=O) groups is 1. The molecule has 1 unspecified atom stereocenters. The normalized spacial score (nSPS) is 15.9. The molecular weight excluding hydrogens is 489 g/mol. The van der Waals surface area contributed by atoms with Gasteiger partial charge in [0.15, 0.2) is 0 Å². The third-order valence-electron chi connectivity index (χ3n) is 5.56. The second kappa shape index (κ2) is 9.34. The van der Waals surface area contributed by atoms with Gasteiger partial charge in [-0.05, 0) is 55.7 Å². The second-order valence-electron chi connectivity index (χ2n) is 7.68. The molecule has 4 rings (SSSR count). The first-order valence-electron chi connectivity index (χ1n) is 10.1. The maximum absolute atomic E-state index is 13.4. The van der Waals surface area contributed by atoms with Crippen LogP contribution in [-0.4, -0.2) is 40.6 Å². The zero-order valence-electron chi connectivity index (χ0n) is 17.6. The Hall–Kier alpha value is -2.59. The average Bonchev–Trinajstić information content (AvgIpc) is 3.17. The average molecular weight is 510 g/mol. The van der Waals surface area contributed by atoms with Crippen LogP contribution in [0.15, 0.2) is 53.6 Å². The van der Waals surface area contributed by atoms with Crippen LogP contribution < -0.4 is 4.74 Å². The number of sulfonamides is 1. The molecule has 1 aromatic heterocycles. The lowest BCUT2D eigenvalue weighted by Crippen LogP contribution is -2.33. The molecule has 174 valence electrons. The summed E-state index contributed by atoms with van der Waals surface area (Å²) < 4.78 is 35.3. The van der Waals surface area contributed by atoms with E-state index in [0.717, 1.165) is 5.69 Å². The summed E-state index contributed by atoms with van der Waals surface area (Å²) in [6.07, 6.45) is 3.50. The number of fused-ring (bicyclic) bond motifs is 1. The van der Waals surface area contributed by atoms with E-state index in [0.29, 0.717) is 41.3 Å². The summed E-state index contributed by atoms with van der Waals surface area (Å²) in [5.41, 5.74) is 1.46. The number of rotatable bonds is 7. The van der Waals surface area contributed by atoms with Gasteiger partial charge in [0.25, 0.3) is 0 Å². The van der Waals surface area contributed by atoms with Crippen LogP contribution >= 0.6 is 23.2 Å². The number of ether oxygens (including phenoxy) is 1. The molecule has 1 N–H and O–H groups in total. The number of hydrogen-bond acceptors (Lipinski definition) is 5. The highest BCUT2D eigenvalue weighted by Crippen LogP contribution is 2.38. The van der Waals surface area contributed by atoms with Crippen LogP contribution in [0.2, 0.25) is 10.0 Å². The lowest BCUT2D eigenvalue weighted by molar-refractivity contribution is -0.137. The number of nitrogens with zero attached hydrogens (tertiary/aromatic N) is 3. The zero-order valence-corrected chi connectivity index (χ0v) is 19.9. The highest BCUT2D eigenvalue weighted by molar-refractivity contribution is 7.89. The van der Waals surface area contributed by atoms with Crippen molar-refractivity contribution >= 4 is 39.2 Å². The summed E-state index contributed by atoms with van der Waals surface area (Å²) in [4.78, 5) is 11.1. The van der Waals surface area contributed by atoms with Crippen LogP contribution in [0.5, 0.6) is 11.5 Å². The summed E-state index contributed by atoms with van der Waals surface area (Å²) in [5, 5.41) is 13.9. The Balaban J connectivity index is 1.59. The van der Waals surface area contributed by atoms with Crippen molar-refractivity contribution in [1.82, 2.24) is 14.1 Å². The smallest absolute Gasteiger partial charge is 0.325 e. The fourth-order valence-electron chi connectivity index (χ4n) is 3.95. The van der Waals surface area contributed by atoms with Crippen molar-refractivity contribution in [2.24, 2.45) is 0 Å². The van der Waals surface area contributed by atoms with Crippen molar-refractivity contribution in [3.63, 3.8) is 0 Å². The van der Waals surface area contributed by atoms with Crippen LogP contribution in [0.3, 0.4) is 0 Å². The molecule has 3 aromatic rings. The molecule has 0 radical (unpaired) electrons. The maximum Gasteiger partial charge on any atom is 0.325 e. The SMILES string of the molecule is CN(C1CCCc2c1cnn2CC(=O)O)S(=O)(=O)c1ccc(Oc2ccc(Cl)cc2)cc1Cl. The van der Waals surface area contributed by atoms with Crippen molar-refractivity contribution in [3.05, 3.63) is 70.0 Å². The minimum atomic E-state index is -3.95. The Labute approximate surface area is 201 Å². The highest BCUT2D eigenvalue weighted by atomic mass is 35.5. The van der Waals surface area contributed by atoms with Gasteiger partial charge in [-0.25, -0.2) is 8.42 Å². The molecular formula is C22H21Cl2N3O5S. The fourth-order valence-corrected chi connectivity index (χ4v) is 5.95. The molecule has 0 fully saturated rings. The Morgan fingerprint density at radius 1 is 1.21 bits per heavy atom. The quantitative estimate of drug-likeness (QED) is 0.492. The third kappa shape index (κ3) is 4.86. The van der Waals surface area contributed by atoms with E-state index in [1.807, 2.05) is 0 Å². The Morgan fingerprint density at radius 3 is 2.58 bits per heavy atom. The van der Waals surface area contributed by atoms with Crippen LogP contribution in [0, 0.1) is 0 Å². The summed E-state index contributed by atoms with van der Waals surface area (Å²) in [6, 6.07) is 10.7. The third-order valence-corrected chi connectivity index (χ3v) is 8.17. The lowest BCUT2D eigenvalue weighted by Gasteiger charge is -2.31. The number of aliphatic carboxylic acids is 1. The molecule has 8 nitrogen and oxygen atoms in total. The topological polar surface area (TPSA) is 102 Å². The van der Waals surface area contributed by atoms with Gasteiger partial charge in [-0.2, -0.15) is 9.40 Å². The number of aromatic nitrogens is 2. The Kier molecular flexibility index (Phi) is 6.67. The van der Waals surface area contributed by atoms with Crippen molar-refractivity contribution in [2.45, 2.75) is 36.7 Å². The molecule has 0 saturated heterocycles. The van der Waals surface area contributed by atoms with Crippen molar-refractivity contribution in [3.8, 4) is 11.5 Å². The first-order valence-corrected chi connectivity index (χ1v) is 12.3. The Morgan fingerprint density at radius 2 is 1.91 bits per heavy atom. The first kappa shape index (κ1) is 23.6. The molecule has 0 saturated carbocycles. The molecule has 0 bridgehead atoms. The van der Waals surface area contributed by atoms with Crippen molar-refractivity contribution in [2.75, 3.05) is 7.05 Å². The van der Waals surface area contributed by atoms with Crippen LogP contribution in [0.4, 0.5) is 0 Å². The predicted octanol–water partition coefficient (Wildman–Crippen LogP) is 4.76. The monoisotopic (exact) mass is 509 g/mol. The second-order valence-corrected chi connectivity index (χ2v) is 10.5. The fraction of sp³-hybridized carbons (Fsp3) is 0.273. The predicted molar refractivity (Wildman–Crippen MR) is 123 cm³/mol. The van der Waals surface area contributed by atoms with E-state index in [1.165, 1.54) is 28.2 Å². The zero-order chi connectivity index (χ0) is 23.8. The van der Waals surface area contributed by atoms with Gasteiger partial charge in [0, 0.05) is 29.4 Å². The molecule has 1 atom stereocenters. The largest absolute Gasteiger partial charge is 0.480 e. The molecule has 1 heterocycles. The standard InChI is InChI=1S/C22H21Cl2N3O5S/c1-26(19-3-2-4-20-17(19)12-25-27(20)13-22(28)29)33(30,31)21-10-9-16(11-18(21)24)32-15-7-5-14(23)6-8-15/h5-12,19H,2-4,13H2,1H3,(H,28,29). The van der Waals surface area contributed by atoms with E-state index in [1.54, 1.807) is 36.5 Å². The van der Waals surface area contributed by atoms with Gasteiger partial charge in [0.05, 0.1) is 17.3 Å². The van der Waals surface area contributed by atoms with E-state index in [2.05, 4.69) is 5.10 Å². The summed E-state index contributed by atoms with van der Waals surface area (Å²) >= 11 is 12.2. The number of benzene rings is 2. The van der Waals surface area contributed by atoms with E-state index in [4.69, 9.17) is 33.0 Å². The van der Waals surface area contributed by atoms with E-state index >= 15 is 0 Å². The minimum absolute atomic E-state index is 0.0333. The Bertz CT molecular complexity index is 1290. The van der Waals surface area contributed by atoms with Gasteiger partial charge in [0.1, 0.15) is 22.9 Å². The molecule has 0 amide bonds. The van der Waals surface area contributed by atoms with Gasteiger partial charge in [-0.15, -0.1) is 0 Å². The summed E-state index contributed by atoms with van der Waals surface area (Å²) in [5.74, 6) is -0.0770. The molecule has 1 aliphatic carbocycles. The van der Waals surface area contributed by atoms with Gasteiger partial charge in [0.2, 0.25) is 10.0 Å². The maximum atomic E-state index is 13.4. The van der Waals surface area contributed by atoms with Crippen molar-refractivity contribution in [1.29, 1.82) is 0 Å². The van der Waals surface area contributed by atoms with E-state index in [9.17, 15) is 13.2 Å². The first-order chi connectivity index (χ1) is 15.7. The number of halogens is 2.